The monoisotopic (exact) mass is 401 g/mol. The number of nitrogens with one attached hydrogen (secondary N) is 2. The Balaban J connectivity index is 1.78. The SMILES string of the molecule is O=C1CN(CC(=O)N[C@H](c2ccccc2)c2ccc(Br)cc2)C(=O)N1. The lowest BCUT2D eigenvalue weighted by Crippen LogP contribution is -2.40. The number of nitrogens with zero attached hydrogens (tertiary/aromatic N) is 1. The molecule has 2 aromatic rings. The van der Waals surface area contributed by atoms with Gasteiger partial charge in [-0.15, -0.1) is 0 Å². The zero-order chi connectivity index (χ0) is 17.8. The van der Waals surface area contributed by atoms with Gasteiger partial charge in [0.2, 0.25) is 11.8 Å². The first kappa shape index (κ1) is 17.2. The Labute approximate surface area is 153 Å². The summed E-state index contributed by atoms with van der Waals surface area (Å²) < 4.78 is 0.946. The van der Waals surface area contributed by atoms with Gasteiger partial charge in [0.1, 0.15) is 13.1 Å². The molecule has 4 amide bonds. The van der Waals surface area contributed by atoms with Crippen LogP contribution in [0.3, 0.4) is 0 Å². The Hall–Kier alpha value is -2.67. The number of benzene rings is 2. The van der Waals surface area contributed by atoms with Gasteiger partial charge in [-0.2, -0.15) is 0 Å². The van der Waals surface area contributed by atoms with Crippen LogP contribution in [0.5, 0.6) is 0 Å². The van der Waals surface area contributed by atoms with Gasteiger partial charge >= 0.3 is 6.03 Å². The van der Waals surface area contributed by atoms with Crippen molar-refractivity contribution in [2.75, 3.05) is 13.1 Å². The fraction of sp³-hybridized carbons (Fsp3) is 0.167. The van der Waals surface area contributed by atoms with Gasteiger partial charge in [-0.3, -0.25) is 14.9 Å². The molecule has 0 unspecified atom stereocenters. The predicted molar refractivity (Wildman–Crippen MR) is 95.7 cm³/mol. The van der Waals surface area contributed by atoms with Crippen LogP contribution >= 0.6 is 15.9 Å². The van der Waals surface area contributed by atoms with Crippen molar-refractivity contribution in [3.8, 4) is 0 Å². The van der Waals surface area contributed by atoms with Crippen LogP contribution in [-0.2, 0) is 9.59 Å². The van der Waals surface area contributed by atoms with Crippen molar-refractivity contribution in [2.24, 2.45) is 0 Å². The molecule has 1 saturated heterocycles. The molecule has 128 valence electrons. The van der Waals surface area contributed by atoms with E-state index >= 15 is 0 Å². The second-order valence-corrected chi connectivity index (χ2v) is 6.59. The van der Waals surface area contributed by atoms with E-state index in [-0.39, 0.29) is 25.0 Å². The minimum absolute atomic E-state index is 0.0967. The van der Waals surface area contributed by atoms with E-state index in [4.69, 9.17) is 0 Å². The second-order valence-electron chi connectivity index (χ2n) is 5.67. The summed E-state index contributed by atoms with van der Waals surface area (Å²) in [7, 11) is 0. The van der Waals surface area contributed by atoms with Crippen LogP contribution in [0.1, 0.15) is 17.2 Å². The highest BCUT2D eigenvalue weighted by Crippen LogP contribution is 2.23. The van der Waals surface area contributed by atoms with E-state index < -0.39 is 11.9 Å². The summed E-state index contributed by atoms with van der Waals surface area (Å²) in [5.41, 5.74) is 1.85. The van der Waals surface area contributed by atoms with E-state index in [9.17, 15) is 14.4 Å². The summed E-state index contributed by atoms with van der Waals surface area (Å²) in [6.07, 6.45) is 0. The average Bonchev–Trinajstić information content (AvgIpc) is 2.91. The minimum Gasteiger partial charge on any atom is -0.344 e. The summed E-state index contributed by atoms with van der Waals surface area (Å²) in [5.74, 6) is -0.730. The number of urea groups is 1. The van der Waals surface area contributed by atoms with E-state index in [1.807, 2.05) is 54.6 Å². The van der Waals surface area contributed by atoms with Crippen molar-refractivity contribution in [2.45, 2.75) is 6.04 Å². The molecule has 2 aromatic carbocycles. The second kappa shape index (κ2) is 7.48. The molecule has 1 aliphatic heterocycles. The number of halogens is 1. The van der Waals surface area contributed by atoms with Crippen LogP contribution in [0.4, 0.5) is 4.79 Å². The lowest BCUT2D eigenvalue weighted by molar-refractivity contribution is -0.122. The molecular formula is C18H16BrN3O3. The number of carbonyl (C=O) groups is 3. The van der Waals surface area contributed by atoms with E-state index in [1.165, 1.54) is 4.90 Å². The van der Waals surface area contributed by atoms with Crippen molar-refractivity contribution < 1.29 is 14.4 Å². The summed E-state index contributed by atoms with van der Waals surface area (Å²) in [6.45, 7) is -0.266. The molecule has 0 spiro atoms. The molecule has 1 aliphatic rings. The fourth-order valence-corrected chi connectivity index (χ4v) is 2.91. The van der Waals surface area contributed by atoms with Crippen molar-refractivity contribution >= 4 is 33.8 Å². The number of amides is 4. The molecule has 2 N–H and O–H groups in total. The van der Waals surface area contributed by atoms with Gasteiger partial charge in [-0.05, 0) is 23.3 Å². The zero-order valence-electron chi connectivity index (χ0n) is 13.2. The van der Waals surface area contributed by atoms with Gasteiger partial charge < -0.3 is 10.2 Å². The maximum Gasteiger partial charge on any atom is 0.325 e. The summed E-state index contributed by atoms with van der Waals surface area (Å²) in [5, 5.41) is 5.10. The van der Waals surface area contributed by atoms with Crippen molar-refractivity contribution in [3.05, 3.63) is 70.2 Å². The third-order valence-corrected chi connectivity index (χ3v) is 4.37. The molecule has 0 aromatic heterocycles. The van der Waals surface area contributed by atoms with E-state index in [1.54, 1.807) is 0 Å². The third kappa shape index (κ3) is 4.24. The lowest BCUT2D eigenvalue weighted by Gasteiger charge is -2.21. The van der Waals surface area contributed by atoms with Crippen molar-refractivity contribution in [1.82, 2.24) is 15.5 Å². The Morgan fingerprint density at radius 2 is 1.72 bits per heavy atom. The molecule has 0 bridgehead atoms. The molecule has 1 heterocycles. The number of hydrogen-bond acceptors (Lipinski definition) is 3. The summed E-state index contributed by atoms with van der Waals surface area (Å²) >= 11 is 3.40. The maximum atomic E-state index is 12.4. The molecule has 1 atom stereocenters. The highest BCUT2D eigenvalue weighted by Gasteiger charge is 2.29. The van der Waals surface area contributed by atoms with Crippen LogP contribution in [0, 0.1) is 0 Å². The molecule has 6 nitrogen and oxygen atoms in total. The molecule has 25 heavy (non-hydrogen) atoms. The zero-order valence-corrected chi connectivity index (χ0v) is 14.8. The van der Waals surface area contributed by atoms with Crippen LogP contribution in [0.25, 0.3) is 0 Å². The number of carbonyl (C=O) groups excluding carboxylic acids is 3. The van der Waals surface area contributed by atoms with E-state index in [0.29, 0.717) is 0 Å². The topological polar surface area (TPSA) is 78.5 Å². The first-order valence-corrected chi connectivity index (χ1v) is 8.51. The van der Waals surface area contributed by atoms with Gasteiger partial charge in [0.15, 0.2) is 0 Å². The highest BCUT2D eigenvalue weighted by atomic mass is 79.9. The average molecular weight is 402 g/mol. The third-order valence-electron chi connectivity index (χ3n) is 3.84. The van der Waals surface area contributed by atoms with Crippen molar-refractivity contribution in [1.29, 1.82) is 0 Å². The largest absolute Gasteiger partial charge is 0.344 e. The molecule has 0 saturated carbocycles. The van der Waals surface area contributed by atoms with Gasteiger partial charge in [0.05, 0.1) is 6.04 Å². The quantitative estimate of drug-likeness (QED) is 0.753. The van der Waals surface area contributed by atoms with E-state index in [0.717, 1.165) is 15.6 Å². The molecule has 3 rings (SSSR count). The molecular weight excluding hydrogens is 386 g/mol. The predicted octanol–water partition coefficient (Wildman–Crippen LogP) is 2.21. The Morgan fingerprint density at radius 1 is 1.08 bits per heavy atom. The number of hydrogen-bond donors (Lipinski definition) is 2. The molecule has 0 radical (unpaired) electrons. The Bertz CT molecular complexity index is 793. The van der Waals surface area contributed by atoms with Gasteiger partial charge in [-0.1, -0.05) is 58.4 Å². The van der Waals surface area contributed by atoms with Crippen LogP contribution in [0.15, 0.2) is 59.1 Å². The maximum absolute atomic E-state index is 12.4. The molecule has 1 fully saturated rings. The van der Waals surface area contributed by atoms with Gasteiger partial charge in [0.25, 0.3) is 0 Å². The van der Waals surface area contributed by atoms with Gasteiger partial charge in [-0.25, -0.2) is 4.79 Å². The fourth-order valence-electron chi connectivity index (χ4n) is 2.65. The highest BCUT2D eigenvalue weighted by molar-refractivity contribution is 9.10. The Morgan fingerprint density at radius 3 is 2.32 bits per heavy atom. The smallest absolute Gasteiger partial charge is 0.325 e. The Kier molecular flexibility index (Phi) is 5.14. The summed E-state index contributed by atoms with van der Waals surface area (Å²) in [4.78, 5) is 36.4. The van der Waals surface area contributed by atoms with Crippen LogP contribution in [-0.4, -0.2) is 35.8 Å². The number of rotatable bonds is 5. The van der Waals surface area contributed by atoms with E-state index in [2.05, 4.69) is 26.6 Å². The lowest BCUT2D eigenvalue weighted by atomic mass is 9.99. The standard InChI is InChI=1S/C18H16BrN3O3/c19-14-8-6-13(7-9-14)17(12-4-2-1-3-5-12)20-15(23)10-22-11-16(24)21-18(22)25/h1-9,17H,10-11H2,(H,20,23)(H,21,24,25)/t17-/m1/s1. The summed E-state index contributed by atoms with van der Waals surface area (Å²) in [6, 6.07) is 16.3. The molecule has 0 aliphatic carbocycles. The minimum atomic E-state index is -0.542. The molecule has 7 heteroatoms. The van der Waals surface area contributed by atoms with Crippen LogP contribution in [0.2, 0.25) is 0 Å². The van der Waals surface area contributed by atoms with Crippen molar-refractivity contribution in [3.63, 3.8) is 0 Å². The van der Waals surface area contributed by atoms with Crippen LogP contribution < -0.4 is 10.6 Å². The number of imide groups is 1. The first-order chi connectivity index (χ1) is 12.0. The first-order valence-electron chi connectivity index (χ1n) is 7.71. The van der Waals surface area contributed by atoms with Gasteiger partial charge in [0, 0.05) is 4.47 Å². The normalized spacial score (nSPS) is 15.0.